The molecule has 0 fully saturated rings. The van der Waals surface area contributed by atoms with E-state index in [1.165, 1.54) is 11.3 Å². The van der Waals surface area contributed by atoms with Crippen molar-refractivity contribution in [2.24, 2.45) is 7.05 Å². The minimum absolute atomic E-state index is 0.136. The van der Waals surface area contributed by atoms with Crippen molar-refractivity contribution in [2.45, 2.75) is 6.42 Å². The van der Waals surface area contributed by atoms with E-state index in [-0.39, 0.29) is 11.8 Å². The van der Waals surface area contributed by atoms with Crippen LogP contribution in [-0.4, -0.2) is 48.5 Å². The van der Waals surface area contributed by atoms with E-state index in [1.807, 2.05) is 25.5 Å². The summed E-state index contributed by atoms with van der Waals surface area (Å²) in [6.07, 6.45) is 2.63. The molecular formula is C16H22N4O2S. The lowest BCUT2D eigenvalue weighted by molar-refractivity contribution is 0.0943. The predicted molar refractivity (Wildman–Crippen MR) is 93.2 cm³/mol. The molecule has 23 heavy (non-hydrogen) atoms. The van der Waals surface area contributed by atoms with E-state index >= 15 is 0 Å². The summed E-state index contributed by atoms with van der Waals surface area (Å²) in [5, 5.41) is 7.55. The number of thiophene rings is 1. The molecule has 6 nitrogen and oxygen atoms in total. The molecule has 124 valence electrons. The van der Waals surface area contributed by atoms with E-state index in [0.29, 0.717) is 22.8 Å². The van der Waals surface area contributed by atoms with Gasteiger partial charge in [0.1, 0.15) is 5.69 Å². The second-order valence-corrected chi connectivity index (χ2v) is 6.52. The van der Waals surface area contributed by atoms with Gasteiger partial charge in [0.2, 0.25) is 0 Å². The molecule has 2 amide bonds. The molecule has 2 heterocycles. The second kappa shape index (κ2) is 7.94. The molecule has 0 aliphatic heterocycles. The van der Waals surface area contributed by atoms with Gasteiger partial charge in [-0.05, 0) is 44.6 Å². The Morgan fingerprint density at radius 2 is 2.09 bits per heavy atom. The molecule has 0 aromatic carbocycles. The molecule has 7 heteroatoms. The summed E-state index contributed by atoms with van der Waals surface area (Å²) in [4.78, 5) is 26.9. The van der Waals surface area contributed by atoms with Crippen molar-refractivity contribution in [1.82, 2.24) is 14.8 Å². The lowest BCUT2D eigenvalue weighted by Crippen LogP contribution is -2.28. The molecule has 0 radical (unpaired) electrons. The molecule has 0 atom stereocenters. The molecular weight excluding hydrogens is 312 g/mol. The van der Waals surface area contributed by atoms with E-state index in [9.17, 15) is 9.59 Å². The van der Waals surface area contributed by atoms with Crippen LogP contribution in [0, 0.1) is 0 Å². The number of carbonyl (C=O) groups excluding carboxylic acids is 2. The number of rotatable bonds is 7. The van der Waals surface area contributed by atoms with Gasteiger partial charge in [-0.1, -0.05) is 6.07 Å². The number of hydrogen-bond donors (Lipinski definition) is 2. The van der Waals surface area contributed by atoms with Crippen LogP contribution in [0.15, 0.2) is 29.8 Å². The fraction of sp³-hybridized carbons (Fsp3) is 0.375. The summed E-state index contributed by atoms with van der Waals surface area (Å²) in [7, 11) is 5.79. The lowest BCUT2D eigenvalue weighted by Gasteiger charge is -2.10. The van der Waals surface area contributed by atoms with Gasteiger partial charge >= 0.3 is 0 Å². The highest BCUT2D eigenvalue weighted by molar-refractivity contribution is 7.12. The zero-order valence-corrected chi connectivity index (χ0v) is 14.4. The van der Waals surface area contributed by atoms with Crippen molar-refractivity contribution in [2.75, 3.05) is 32.5 Å². The van der Waals surface area contributed by atoms with Gasteiger partial charge < -0.3 is 20.1 Å². The predicted octanol–water partition coefficient (Wildman–Crippen LogP) is 2.02. The molecule has 0 aliphatic carbocycles. The number of nitrogens with one attached hydrogen (secondary N) is 2. The van der Waals surface area contributed by atoms with Crippen LogP contribution in [0.2, 0.25) is 0 Å². The SMILES string of the molecule is CN(C)CCCNC(=O)c1cc(NC(=O)c2cccs2)cn1C. The van der Waals surface area contributed by atoms with Gasteiger partial charge in [-0.2, -0.15) is 0 Å². The highest BCUT2D eigenvalue weighted by Crippen LogP contribution is 2.16. The first-order chi connectivity index (χ1) is 11.0. The summed E-state index contributed by atoms with van der Waals surface area (Å²) in [6.45, 7) is 1.55. The average Bonchev–Trinajstić information content (AvgIpc) is 3.13. The molecule has 2 aromatic rings. The molecule has 2 aromatic heterocycles. The maximum absolute atomic E-state index is 12.2. The zero-order chi connectivity index (χ0) is 16.8. The molecule has 0 saturated carbocycles. The third-order valence-electron chi connectivity index (χ3n) is 3.31. The van der Waals surface area contributed by atoms with Crippen molar-refractivity contribution >= 4 is 28.8 Å². The normalized spacial score (nSPS) is 10.8. The molecule has 0 bridgehead atoms. The van der Waals surface area contributed by atoms with Gasteiger partial charge in [0.15, 0.2) is 0 Å². The van der Waals surface area contributed by atoms with Crippen LogP contribution in [0.4, 0.5) is 5.69 Å². The average molecular weight is 334 g/mol. The van der Waals surface area contributed by atoms with Gasteiger partial charge in [0, 0.05) is 19.8 Å². The first-order valence-corrected chi connectivity index (χ1v) is 8.29. The summed E-state index contributed by atoms with van der Waals surface area (Å²) < 4.78 is 1.71. The highest BCUT2D eigenvalue weighted by atomic mass is 32.1. The monoisotopic (exact) mass is 334 g/mol. The van der Waals surface area contributed by atoms with Crippen molar-refractivity contribution < 1.29 is 9.59 Å². The number of carbonyl (C=O) groups is 2. The van der Waals surface area contributed by atoms with E-state index in [4.69, 9.17) is 0 Å². The minimum Gasteiger partial charge on any atom is -0.351 e. The van der Waals surface area contributed by atoms with E-state index in [0.717, 1.165) is 13.0 Å². The van der Waals surface area contributed by atoms with Crippen molar-refractivity contribution in [1.29, 1.82) is 0 Å². The molecule has 0 spiro atoms. The van der Waals surface area contributed by atoms with Gasteiger partial charge in [0.25, 0.3) is 11.8 Å². The number of anilines is 1. The zero-order valence-electron chi connectivity index (χ0n) is 13.6. The number of amides is 2. The number of nitrogens with zero attached hydrogens (tertiary/aromatic N) is 2. The maximum Gasteiger partial charge on any atom is 0.267 e. The molecule has 2 rings (SSSR count). The Kier molecular flexibility index (Phi) is 5.95. The topological polar surface area (TPSA) is 66.4 Å². The molecule has 0 saturated heterocycles. The number of hydrogen-bond acceptors (Lipinski definition) is 4. The fourth-order valence-corrected chi connectivity index (χ4v) is 2.77. The summed E-state index contributed by atoms with van der Waals surface area (Å²) in [5.74, 6) is -0.300. The number of aryl methyl sites for hydroxylation is 1. The Labute approximate surface area is 140 Å². The van der Waals surface area contributed by atoms with Crippen molar-refractivity contribution in [3.63, 3.8) is 0 Å². The first kappa shape index (κ1) is 17.2. The first-order valence-electron chi connectivity index (χ1n) is 7.41. The van der Waals surface area contributed by atoms with Crippen LogP contribution in [0.1, 0.15) is 26.6 Å². The molecule has 2 N–H and O–H groups in total. The van der Waals surface area contributed by atoms with Crippen LogP contribution >= 0.6 is 11.3 Å². The van der Waals surface area contributed by atoms with Crippen LogP contribution in [0.3, 0.4) is 0 Å². The third kappa shape index (κ3) is 4.94. The molecule has 0 aliphatic rings. The van der Waals surface area contributed by atoms with Gasteiger partial charge in [-0.25, -0.2) is 0 Å². The highest BCUT2D eigenvalue weighted by Gasteiger charge is 2.14. The van der Waals surface area contributed by atoms with E-state index in [1.54, 1.807) is 29.9 Å². The van der Waals surface area contributed by atoms with Crippen LogP contribution in [0.5, 0.6) is 0 Å². The van der Waals surface area contributed by atoms with Crippen LogP contribution in [-0.2, 0) is 7.05 Å². The van der Waals surface area contributed by atoms with Crippen molar-refractivity contribution in [3.8, 4) is 0 Å². The summed E-state index contributed by atoms with van der Waals surface area (Å²) >= 11 is 1.38. The largest absolute Gasteiger partial charge is 0.351 e. The van der Waals surface area contributed by atoms with Crippen molar-refractivity contribution in [3.05, 3.63) is 40.3 Å². The van der Waals surface area contributed by atoms with Crippen LogP contribution in [0.25, 0.3) is 0 Å². The lowest BCUT2D eigenvalue weighted by atomic mass is 10.3. The minimum atomic E-state index is -0.163. The summed E-state index contributed by atoms with van der Waals surface area (Å²) in [5.41, 5.74) is 1.14. The summed E-state index contributed by atoms with van der Waals surface area (Å²) in [6, 6.07) is 5.28. The van der Waals surface area contributed by atoms with Gasteiger partial charge in [0.05, 0.1) is 10.6 Å². The Hall–Kier alpha value is -2.12. The second-order valence-electron chi connectivity index (χ2n) is 5.57. The van der Waals surface area contributed by atoms with Crippen LogP contribution < -0.4 is 10.6 Å². The van der Waals surface area contributed by atoms with E-state index < -0.39 is 0 Å². The fourth-order valence-electron chi connectivity index (χ4n) is 2.15. The number of aromatic nitrogens is 1. The Morgan fingerprint density at radius 3 is 2.74 bits per heavy atom. The maximum atomic E-state index is 12.2. The van der Waals surface area contributed by atoms with Gasteiger partial charge in [-0.15, -0.1) is 11.3 Å². The standard InChI is InChI=1S/C16H22N4O2S/c1-19(2)8-5-7-17-15(21)13-10-12(11-20(13)3)18-16(22)14-6-4-9-23-14/h4,6,9-11H,5,7-8H2,1-3H3,(H,17,21)(H,18,22). The quantitative estimate of drug-likeness (QED) is 0.761. The third-order valence-corrected chi connectivity index (χ3v) is 4.18. The van der Waals surface area contributed by atoms with Gasteiger partial charge in [-0.3, -0.25) is 9.59 Å². The van der Waals surface area contributed by atoms with E-state index in [2.05, 4.69) is 15.5 Å². The Balaban J connectivity index is 1.92. The Morgan fingerprint density at radius 1 is 1.30 bits per heavy atom. The smallest absolute Gasteiger partial charge is 0.267 e. The Bertz CT molecular complexity index is 662. The molecule has 0 unspecified atom stereocenters.